The van der Waals surface area contributed by atoms with Crippen LogP contribution in [0.2, 0.25) is 0 Å². The minimum atomic E-state index is 0.519. The molecule has 4 aliphatic carbocycles. The van der Waals surface area contributed by atoms with E-state index in [2.05, 4.69) is 50.9 Å². The summed E-state index contributed by atoms with van der Waals surface area (Å²) in [6.07, 6.45) is 14.4. The van der Waals surface area contributed by atoms with Crippen molar-refractivity contribution in [3.05, 3.63) is 11.6 Å². The molecule has 0 unspecified atom stereocenters. The van der Waals surface area contributed by atoms with Crippen LogP contribution in [0.25, 0.3) is 0 Å². The maximum Gasteiger partial charge on any atom is 0.0127 e. The zero-order valence-corrected chi connectivity index (χ0v) is 17.8. The molecule has 5 rings (SSSR count). The fourth-order valence-corrected chi connectivity index (χ4v) is 8.88. The van der Waals surface area contributed by atoms with E-state index >= 15 is 0 Å². The van der Waals surface area contributed by atoms with Gasteiger partial charge < -0.3 is 9.80 Å². The van der Waals surface area contributed by atoms with Crippen LogP contribution in [0.4, 0.5) is 0 Å². The molecule has 1 spiro atoms. The first-order valence-corrected chi connectivity index (χ1v) is 11.4. The van der Waals surface area contributed by atoms with Crippen molar-refractivity contribution < 1.29 is 0 Å². The van der Waals surface area contributed by atoms with Crippen LogP contribution in [0.3, 0.4) is 0 Å². The van der Waals surface area contributed by atoms with E-state index in [9.17, 15) is 0 Å². The Bertz CT molecular complexity index is 609. The van der Waals surface area contributed by atoms with Crippen LogP contribution in [0.15, 0.2) is 11.6 Å². The lowest BCUT2D eigenvalue weighted by Gasteiger charge is -2.58. The molecule has 1 heterocycles. The van der Waals surface area contributed by atoms with Crippen molar-refractivity contribution in [1.29, 1.82) is 0 Å². The number of allylic oxidation sites excluding steroid dienone is 1. The smallest absolute Gasteiger partial charge is 0.0127 e. The lowest BCUT2D eigenvalue weighted by atomic mass is 9.47. The lowest BCUT2D eigenvalue weighted by molar-refractivity contribution is -0.0430. The summed E-state index contributed by atoms with van der Waals surface area (Å²) >= 11 is 0. The fourth-order valence-electron chi connectivity index (χ4n) is 8.88. The number of rotatable bonds is 1. The largest absolute Gasteiger partial charge is 0.306 e. The zero-order valence-electron chi connectivity index (χ0n) is 17.8. The Labute approximate surface area is 161 Å². The minimum absolute atomic E-state index is 0.519. The zero-order chi connectivity index (χ0) is 18.3. The molecule has 0 amide bonds. The standard InChI is InChI=1S/C24H40N2/c1-16-20-8-9-22-19-7-6-17-14-18(25(3)4)10-12-23(17,2)21(19)11-13-24(20,22)15-26(16)5/h6,16,18-22H,7-15H2,1-5H3/t16-,18+,19+,20+,21-,22-,23+,24+/m1/s1. The number of hydrogen-bond acceptors (Lipinski definition) is 2. The second-order valence-electron chi connectivity index (χ2n) is 11.2. The normalized spacial score (nSPS) is 53.7. The molecule has 0 aromatic rings. The van der Waals surface area contributed by atoms with Crippen LogP contribution in [-0.4, -0.2) is 49.6 Å². The molecule has 2 nitrogen and oxygen atoms in total. The van der Waals surface area contributed by atoms with Gasteiger partial charge in [0.05, 0.1) is 0 Å². The van der Waals surface area contributed by atoms with Crippen LogP contribution >= 0.6 is 0 Å². The summed E-state index contributed by atoms with van der Waals surface area (Å²) in [6, 6.07) is 1.60. The molecule has 0 bridgehead atoms. The average molecular weight is 357 g/mol. The van der Waals surface area contributed by atoms with Gasteiger partial charge in [0.25, 0.3) is 0 Å². The maximum absolute atomic E-state index is 2.74. The highest BCUT2D eigenvalue weighted by Crippen LogP contribution is 2.68. The van der Waals surface area contributed by atoms with Crippen molar-refractivity contribution >= 4 is 0 Å². The van der Waals surface area contributed by atoms with Crippen molar-refractivity contribution in [2.45, 2.75) is 77.3 Å². The Hall–Kier alpha value is -0.340. The summed E-state index contributed by atoms with van der Waals surface area (Å²) in [4.78, 5) is 5.17. The lowest BCUT2D eigenvalue weighted by Crippen LogP contribution is -2.52. The quantitative estimate of drug-likeness (QED) is 0.622. The molecule has 0 aromatic carbocycles. The van der Waals surface area contributed by atoms with Crippen LogP contribution < -0.4 is 0 Å². The Morgan fingerprint density at radius 3 is 2.58 bits per heavy atom. The van der Waals surface area contributed by atoms with Crippen molar-refractivity contribution in [3.8, 4) is 0 Å². The molecule has 1 saturated heterocycles. The monoisotopic (exact) mass is 356 g/mol. The molecule has 26 heavy (non-hydrogen) atoms. The van der Waals surface area contributed by atoms with E-state index in [1.54, 1.807) is 0 Å². The fraction of sp³-hybridized carbons (Fsp3) is 0.917. The number of likely N-dealkylation sites (tertiary alicyclic amines) is 1. The SMILES string of the molecule is C[C@@H]1[C@@H]2CC[C@@H]3[C@H]4CC=C5C[C@@H](N(C)C)CC[C@]5(C)[C@@H]4CC[C@@]32CN1C. The Kier molecular flexibility index (Phi) is 3.98. The summed E-state index contributed by atoms with van der Waals surface area (Å²) in [6.45, 7) is 6.56. The minimum Gasteiger partial charge on any atom is -0.306 e. The predicted octanol–water partition coefficient (Wildman–Crippen LogP) is 4.81. The first-order chi connectivity index (χ1) is 12.4. The topological polar surface area (TPSA) is 6.48 Å². The second-order valence-corrected chi connectivity index (χ2v) is 11.2. The molecule has 0 radical (unpaired) electrons. The molecule has 0 N–H and O–H groups in total. The van der Waals surface area contributed by atoms with Crippen molar-refractivity contribution in [3.63, 3.8) is 0 Å². The van der Waals surface area contributed by atoms with Gasteiger partial charge in [0.15, 0.2) is 0 Å². The number of hydrogen-bond donors (Lipinski definition) is 0. The van der Waals surface area contributed by atoms with Crippen LogP contribution in [0.5, 0.6) is 0 Å². The van der Waals surface area contributed by atoms with Crippen LogP contribution in [-0.2, 0) is 0 Å². The van der Waals surface area contributed by atoms with Gasteiger partial charge in [-0.3, -0.25) is 0 Å². The molecular weight excluding hydrogens is 316 g/mol. The van der Waals surface area contributed by atoms with E-state index < -0.39 is 0 Å². The highest BCUT2D eigenvalue weighted by molar-refractivity contribution is 5.26. The average Bonchev–Trinajstić information content (AvgIpc) is 3.08. The maximum atomic E-state index is 2.74. The highest BCUT2D eigenvalue weighted by atomic mass is 15.2. The molecular formula is C24H40N2. The van der Waals surface area contributed by atoms with Crippen molar-refractivity contribution in [2.24, 2.45) is 34.5 Å². The number of nitrogens with zero attached hydrogens (tertiary/aromatic N) is 2. The Morgan fingerprint density at radius 1 is 1.04 bits per heavy atom. The van der Waals surface area contributed by atoms with E-state index in [1.807, 2.05) is 5.57 Å². The van der Waals surface area contributed by atoms with Gasteiger partial charge in [0.1, 0.15) is 0 Å². The van der Waals surface area contributed by atoms with E-state index in [0.717, 1.165) is 35.8 Å². The summed E-state index contributed by atoms with van der Waals surface area (Å²) in [5, 5.41) is 0. The molecule has 5 aliphatic rings. The summed E-state index contributed by atoms with van der Waals surface area (Å²) in [5.41, 5.74) is 3.04. The third-order valence-corrected chi connectivity index (χ3v) is 10.4. The second kappa shape index (κ2) is 5.83. The van der Waals surface area contributed by atoms with Gasteiger partial charge in [-0.25, -0.2) is 0 Å². The van der Waals surface area contributed by atoms with Crippen LogP contribution in [0.1, 0.15) is 65.2 Å². The van der Waals surface area contributed by atoms with Gasteiger partial charge in [0, 0.05) is 18.6 Å². The Morgan fingerprint density at radius 2 is 1.81 bits per heavy atom. The first-order valence-electron chi connectivity index (χ1n) is 11.4. The first kappa shape index (κ1) is 17.7. The third kappa shape index (κ3) is 2.18. The molecule has 0 aromatic heterocycles. The summed E-state index contributed by atoms with van der Waals surface area (Å²) in [5.74, 6) is 3.96. The van der Waals surface area contributed by atoms with E-state index in [4.69, 9.17) is 0 Å². The molecule has 8 atom stereocenters. The molecule has 146 valence electrons. The molecule has 3 saturated carbocycles. The van der Waals surface area contributed by atoms with Gasteiger partial charge in [-0.1, -0.05) is 18.6 Å². The highest BCUT2D eigenvalue weighted by Gasteiger charge is 2.63. The third-order valence-electron chi connectivity index (χ3n) is 10.4. The van der Waals surface area contributed by atoms with Gasteiger partial charge in [-0.15, -0.1) is 0 Å². The van der Waals surface area contributed by atoms with Gasteiger partial charge in [-0.2, -0.15) is 0 Å². The van der Waals surface area contributed by atoms with E-state index in [-0.39, 0.29) is 0 Å². The predicted molar refractivity (Wildman–Crippen MR) is 109 cm³/mol. The molecule has 2 heteroatoms. The van der Waals surface area contributed by atoms with Crippen LogP contribution in [0, 0.1) is 34.5 Å². The summed E-state index contributed by atoms with van der Waals surface area (Å²) in [7, 11) is 6.95. The van der Waals surface area contributed by atoms with E-state index in [0.29, 0.717) is 10.8 Å². The number of fused-ring (bicyclic) bond motifs is 4. The Balaban J connectivity index is 1.45. The van der Waals surface area contributed by atoms with E-state index in [1.165, 1.54) is 57.9 Å². The van der Waals surface area contributed by atoms with Gasteiger partial charge >= 0.3 is 0 Å². The summed E-state index contributed by atoms with van der Waals surface area (Å²) < 4.78 is 0. The van der Waals surface area contributed by atoms with Crippen molar-refractivity contribution in [1.82, 2.24) is 9.80 Å². The molecule has 1 aliphatic heterocycles. The van der Waals surface area contributed by atoms with Gasteiger partial charge in [0.2, 0.25) is 0 Å². The van der Waals surface area contributed by atoms with Crippen molar-refractivity contribution in [2.75, 3.05) is 27.7 Å². The van der Waals surface area contributed by atoms with Gasteiger partial charge in [-0.05, 0) is 114 Å². The molecule has 4 fully saturated rings.